The van der Waals surface area contributed by atoms with Crippen LogP contribution in [0.4, 0.5) is 0 Å². The quantitative estimate of drug-likeness (QED) is 0.584. The molecule has 0 spiro atoms. The summed E-state index contributed by atoms with van der Waals surface area (Å²) in [7, 11) is 0. The van der Waals surface area contributed by atoms with Gasteiger partial charge in [0.2, 0.25) is 0 Å². The maximum absolute atomic E-state index is 5.40. The van der Waals surface area contributed by atoms with E-state index >= 15 is 0 Å². The van der Waals surface area contributed by atoms with Gasteiger partial charge < -0.3 is 0 Å². The monoisotopic (exact) mass is 198 g/mol. The van der Waals surface area contributed by atoms with Gasteiger partial charge in [0.05, 0.1) is 0 Å². The molecular formula is C13H10S. The molecule has 1 aliphatic rings. The van der Waals surface area contributed by atoms with E-state index in [1.54, 1.807) is 0 Å². The summed E-state index contributed by atoms with van der Waals surface area (Å²) in [4.78, 5) is 1.14. The van der Waals surface area contributed by atoms with E-state index in [2.05, 4.69) is 36.4 Å². The van der Waals surface area contributed by atoms with E-state index < -0.39 is 0 Å². The third-order valence-corrected chi connectivity index (χ3v) is 3.32. The van der Waals surface area contributed by atoms with Crippen LogP contribution in [0.15, 0.2) is 36.4 Å². The molecule has 2 aromatic rings. The summed E-state index contributed by atoms with van der Waals surface area (Å²) in [6.45, 7) is 0. The molecule has 0 saturated heterocycles. The average molecular weight is 198 g/mol. The lowest BCUT2D eigenvalue weighted by atomic mass is 10.0. The largest absolute Gasteiger partial charge is 0.0842 e. The third-order valence-electron chi connectivity index (χ3n) is 2.92. The highest BCUT2D eigenvalue weighted by atomic mass is 32.1. The zero-order chi connectivity index (χ0) is 9.54. The summed E-state index contributed by atoms with van der Waals surface area (Å²) in [5.74, 6) is 0. The smallest absolute Gasteiger partial charge is 0.0236 e. The molecule has 0 aliphatic heterocycles. The molecule has 1 heteroatoms. The van der Waals surface area contributed by atoms with Gasteiger partial charge in [-0.2, -0.15) is 0 Å². The summed E-state index contributed by atoms with van der Waals surface area (Å²) in [5.41, 5.74) is 2.76. The van der Waals surface area contributed by atoms with Gasteiger partial charge in [-0.15, -0.1) is 0 Å². The first-order valence-corrected chi connectivity index (χ1v) is 5.31. The second-order valence-electron chi connectivity index (χ2n) is 3.74. The van der Waals surface area contributed by atoms with Crippen molar-refractivity contribution < 1.29 is 0 Å². The number of aryl methyl sites for hydroxylation is 1. The van der Waals surface area contributed by atoms with Crippen LogP contribution in [0.5, 0.6) is 0 Å². The molecule has 0 saturated carbocycles. The fourth-order valence-electron chi connectivity index (χ4n) is 2.23. The SMILES string of the molecule is S=C1CCc2ccc3ccccc3c21. The topological polar surface area (TPSA) is 0 Å². The van der Waals surface area contributed by atoms with Crippen molar-refractivity contribution in [1.82, 2.24) is 0 Å². The molecule has 0 fully saturated rings. The lowest BCUT2D eigenvalue weighted by molar-refractivity contribution is 1.10. The molecule has 14 heavy (non-hydrogen) atoms. The number of fused-ring (bicyclic) bond motifs is 3. The van der Waals surface area contributed by atoms with E-state index in [-0.39, 0.29) is 0 Å². The molecule has 0 aromatic heterocycles. The van der Waals surface area contributed by atoms with E-state index in [1.807, 2.05) is 0 Å². The predicted molar refractivity (Wildman–Crippen MR) is 64.0 cm³/mol. The first-order chi connectivity index (χ1) is 6.86. The van der Waals surface area contributed by atoms with Gasteiger partial charge in [0.15, 0.2) is 0 Å². The summed E-state index contributed by atoms with van der Waals surface area (Å²) < 4.78 is 0. The van der Waals surface area contributed by atoms with Gasteiger partial charge in [-0.05, 0) is 34.7 Å². The van der Waals surface area contributed by atoms with Crippen molar-refractivity contribution in [1.29, 1.82) is 0 Å². The Bertz CT molecular complexity index is 526. The standard InChI is InChI=1S/C13H10S/c14-12-8-7-10-6-5-9-3-1-2-4-11(9)13(10)12/h1-6H,7-8H2. The van der Waals surface area contributed by atoms with Gasteiger partial charge >= 0.3 is 0 Å². The van der Waals surface area contributed by atoms with Crippen molar-refractivity contribution in [2.24, 2.45) is 0 Å². The summed E-state index contributed by atoms with van der Waals surface area (Å²) in [6, 6.07) is 12.9. The lowest BCUT2D eigenvalue weighted by Crippen LogP contribution is -1.91. The van der Waals surface area contributed by atoms with Crippen LogP contribution in [0.2, 0.25) is 0 Å². The summed E-state index contributed by atoms with van der Waals surface area (Å²) in [6.07, 6.45) is 2.18. The van der Waals surface area contributed by atoms with E-state index in [1.165, 1.54) is 21.9 Å². The van der Waals surface area contributed by atoms with Crippen LogP contribution >= 0.6 is 12.2 Å². The van der Waals surface area contributed by atoms with Gasteiger partial charge in [0.1, 0.15) is 0 Å². The molecule has 3 rings (SSSR count). The minimum Gasteiger partial charge on any atom is -0.0842 e. The maximum atomic E-state index is 5.40. The Morgan fingerprint density at radius 1 is 0.929 bits per heavy atom. The Morgan fingerprint density at radius 2 is 1.79 bits per heavy atom. The second kappa shape index (κ2) is 2.89. The highest BCUT2D eigenvalue weighted by Crippen LogP contribution is 2.30. The molecule has 0 atom stereocenters. The zero-order valence-electron chi connectivity index (χ0n) is 7.79. The van der Waals surface area contributed by atoms with Gasteiger partial charge in [-0.3, -0.25) is 0 Å². The molecule has 1 aliphatic carbocycles. The number of thiocarbonyl (C=S) groups is 1. The van der Waals surface area contributed by atoms with Crippen molar-refractivity contribution in [2.75, 3.05) is 0 Å². The van der Waals surface area contributed by atoms with Crippen molar-refractivity contribution in [2.45, 2.75) is 12.8 Å². The molecule has 0 radical (unpaired) electrons. The van der Waals surface area contributed by atoms with Crippen LogP contribution in [0.25, 0.3) is 10.8 Å². The summed E-state index contributed by atoms with van der Waals surface area (Å²) >= 11 is 5.40. The van der Waals surface area contributed by atoms with Crippen LogP contribution < -0.4 is 0 Å². The molecule has 0 unspecified atom stereocenters. The van der Waals surface area contributed by atoms with Crippen LogP contribution in [-0.2, 0) is 6.42 Å². The van der Waals surface area contributed by atoms with E-state index in [0.717, 1.165) is 17.7 Å². The minimum atomic E-state index is 1.05. The molecule has 2 aromatic carbocycles. The van der Waals surface area contributed by atoms with Crippen LogP contribution in [0.3, 0.4) is 0 Å². The molecule has 0 amide bonds. The second-order valence-corrected chi connectivity index (χ2v) is 4.24. The Balaban J connectivity index is 2.47. The normalized spacial score (nSPS) is 14.7. The summed E-state index contributed by atoms with van der Waals surface area (Å²) in [5, 5.41) is 2.63. The first-order valence-electron chi connectivity index (χ1n) is 4.90. The predicted octanol–water partition coefficient (Wildman–Crippen LogP) is 3.50. The number of hydrogen-bond acceptors (Lipinski definition) is 1. The molecule has 68 valence electrons. The lowest BCUT2D eigenvalue weighted by Gasteiger charge is -2.04. The fourth-order valence-corrected chi connectivity index (χ4v) is 2.57. The molecule has 0 N–H and O–H groups in total. The maximum Gasteiger partial charge on any atom is 0.0236 e. The molecule has 0 bridgehead atoms. The highest BCUT2D eigenvalue weighted by Gasteiger charge is 2.17. The highest BCUT2D eigenvalue weighted by molar-refractivity contribution is 7.80. The zero-order valence-corrected chi connectivity index (χ0v) is 8.60. The molecule has 0 nitrogen and oxygen atoms in total. The third kappa shape index (κ3) is 1.02. The molecule has 0 heterocycles. The van der Waals surface area contributed by atoms with Crippen molar-refractivity contribution in [3.05, 3.63) is 47.5 Å². The van der Waals surface area contributed by atoms with E-state index in [0.29, 0.717) is 0 Å². The number of rotatable bonds is 0. The Labute approximate surface area is 88.6 Å². The number of hydrogen-bond donors (Lipinski definition) is 0. The molecular weight excluding hydrogens is 188 g/mol. The van der Waals surface area contributed by atoms with Gasteiger partial charge in [0.25, 0.3) is 0 Å². The van der Waals surface area contributed by atoms with E-state index in [4.69, 9.17) is 12.2 Å². The van der Waals surface area contributed by atoms with Crippen molar-refractivity contribution >= 4 is 27.9 Å². The van der Waals surface area contributed by atoms with E-state index in [9.17, 15) is 0 Å². The Morgan fingerprint density at radius 3 is 2.71 bits per heavy atom. The average Bonchev–Trinajstić information content (AvgIpc) is 2.61. The minimum absolute atomic E-state index is 1.05. The van der Waals surface area contributed by atoms with Crippen molar-refractivity contribution in [3.8, 4) is 0 Å². The van der Waals surface area contributed by atoms with Crippen LogP contribution in [0, 0.1) is 0 Å². The number of benzene rings is 2. The van der Waals surface area contributed by atoms with Gasteiger partial charge in [0, 0.05) is 4.86 Å². The van der Waals surface area contributed by atoms with Crippen LogP contribution in [0.1, 0.15) is 17.5 Å². The fraction of sp³-hybridized carbons (Fsp3) is 0.154. The van der Waals surface area contributed by atoms with Crippen LogP contribution in [-0.4, -0.2) is 4.86 Å². The van der Waals surface area contributed by atoms with Gasteiger partial charge in [-0.25, -0.2) is 0 Å². The Hall–Kier alpha value is -1.21. The van der Waals surface area contributed by atoms with Crippen molar-refractivity contribution in [3.63, 3.8) is 0 Å². The Kier molecular flexibility index (Phi) is 1.68. The van der Waals surface area contributed by atoms with Gasteiger partial charge in [-0.1, -0.05) is 48.6 Å². The first kappa shape index (κ1) is 8.13.